The summed E-state index contributed by atoms with van der Waals surface area (Å²) in [6, 6.07) is 27.8. The number of hydrogen-bond donors (Lipinski definition) is 0. The third-order valence-electron chi connectivity index (χ3n) is 4.66. The Kier molecular flexibility index (Phi) is 4.49. The van der Waals surface area contributed by atoms with Crippen LogP contribution in [0.2, 0.25) is 0 Å². The van der Waals surface area contributed by atoms with Crippen LogP contribution in [-0.2, 0) is 6.42 Å². The molecule has 0 aliphatic heterocycles. The normalized spacial score (nSPS) is 12.2. The summed E-state index contributed by atoms with van der Waals surface area (Å²) in [5.74, 6) is -0.258. The van der Waals surface area contributed by atoms with Gasteiger partial charge >= 0.3 is 0 Å². The number of fused-ring (bicyclic) bond motifs is 1. The van der Waals surface area contributed by atoms with E-state index in [2.05, 4.69) is 0 Å². The predicted molar refractivity (Wildman–Crippen MR) is 103 cm³/mol. The molecule has 4 aromatic rings. The molecule has 0 aromatic heterocycles. The van der Waals surface area contributed by atoms with E-state index in [1.165, 1.54) is 12.1 Å². The van der Waals surface area contributed by atoms with Crippen molar-refractivity contribution in [2.24, 2.45) is 0 Å². The van der Waals surface area contributed by atoms with Crippen LogP contribution in [0.3, 0.4) is 0 Å². The fourth-order valence-electron chi connectivity index (χ4n) is 3.23. The van der Waals surface area contributed by atoms with Gasteiger partial charge < -0.3 is 0 Å². The fourth-order valence-corrected chi connectivity index (χ4v) is 3.23. The molecule has 26 heavy (non-hydrogen) atoms. The van der Waals surface area contributed by atoms with Crippen molar-refractivity contribution in [3.8, 4) is 11.1 Å². The summed E-state index contributed by atoms with van der Waals surface area (Å²) in [6.45, 7) is 0. The molecule has 0 heterocycles. The van der Waals surface area contributed by atoms with Gasteiger partial charge in [0.1, 0.15) is 12.0 Å². The second-order valence-corrected chi connectivity index (χ2v) is 6.49. The van der Waals surface area contributed by atoms with Crippen LogP contribution in [0, 0.1) is 5.82 Å². The van der Waals surface area contributed by atoms with E-state index in [1.54, 1.807) is 6.07 Å². The minimum Gasteiger partial charge on any atom is -0.242 e. The smallest absolute Gasteiger partial charge is 0.129 e. The molecule has 0 N–H and O–H groups in total. The molecule has 0 aliphatic rings. The lowest BCUT2D eigenvalue weighted by atomic mass is 9.98. The first-order valence-electron chi connectivity index (χ1n) is 8.67. The van der Waals surface area contributed by atoms with Crippen molar-refractivity contribution in [1.29, 1.82) is 0 Å². The number of halogens is 2. The molecule has 2 heteroatoms. The van der Waals surface area contributed by atoms with E-state index < -0.39 is 6.17 Å². The van der Waals surface area contributed by atoms with E-state index in [0.29, 0.717) is 12.0 Å². The monoisotopic (exact) mass is 344 g/mol. The predicted octanol–water partition coefficient (Wildman–Crippen LogP) is 6.90. The molecule has 0 radical (unpaired) electrons. The van der Waals surface area contributed by atoms with Gasteiger partial charge in [0.05, 0.1) is 0 Å². The van der Waals surface area contributed by atoms with Gasteiger partial charge in [-0.25, -0.2) is 8.78 Å². The van der Waals surface area contributed by atoms with Crippen molar-refractivity contribution in [3.05, 3.63) is 108 Å². The topological polar surface area (TPSA) is 0 Å². The zero-order valence-corrected chi connectivity index (χ0v) is 14.2. The highest BCUT2D eigenvalue weighted by Gasteiger charge is 2.11. The van der Waals surface area contributed by atoms with Gasteiger partial charge in [-0.15, -0.1) is 0 Å². The number of alkyl halides is 1. The minimum absolute atomic E-state index is 0.258. The highest BCUT2D eigenvalue weighted by Crippen LogP contribution is 2.27. The lowest BCUT2D eigenvalue weighted by Crippen LogP contribution is -1.97. The van der Waals surface area contributed by atoms with Gasteiger partial charge in [0.2, 0.25) is 0 Å². The summed E-state index contributed by atoms with van der Waals surface area (Å²) in [5, 5.41) is 2.16. The number of rotatable bonds is 4. The molecule has 0 nitrogen and oxygen atoms in total. The van der Waals surface area contributed by atoms with E-state index >= 15 is 0 Å². The molecule has 0 fully saturated rings. The molecule has 0 saturated heterocycles. The zero-order valence-electron chi connectivity index (χ0n) is 14.2. The standard InChI is InChI=1S/C24H18F2/c25-23-7-3-6-21(16-23)19-10-8-17(9-11-19)14-24(26)22-13-12-18-4-1-2-5-20(18)15-22/h1-13,15-16,24H,14H2. The van der Waals surface area contributed by atoms with Crippen molar-refractivity contribution in [2.45, 2.75) is 12.6 Å². The van der Waals surface area contributed by atoms with E-state index in [-0.39, 0.29) is 5.82 Å². The summed E-state index contributed by atoms with van der Waals surface area (Å²) in [5.41, 5.74) is 3.36. The molecule has 0 amide bonds. The van der Waals surface area contributed by atoms with Crippen LogP contribution in [0.5, 0.6) is 0 Å². The molecular formula is C24H18F2. The molecule has 1 atom stereocenters. The minimum atomic E-state index is -1.06. The Morgan fingerprint density at radius 3 is 2.19 bits per heavy atom. The van der Waals surface area contributed by atoms with E-state index in [9.17, 15) is 8.78 Å². The Morgan fingerprint density at radius 2 is 1.42 bits per heavy atom. The molecule has 1 unspecified atom stereocenters. The van der Waals surface area contributed by atoms with Crippen LogP contribution in [0.4, 0.5) is 8.78 Å². The van der Waals surface area contributed by atoms with Crippen LogP contribution in [0.1, 0.15) is 17.3 Å². The third kappa shape index (κ3) is 3.50. The van der Waals surface area contributed by atoms with Gasteiger partial charge in [0, 0.05) is 6.42 Å². The summed E-state index contributed by atoms with van der Waals surface area (Å²) < 4.78 is 28.1. The second-order valence-electron chi connectivity index (χ2n) is 6.49. The van der Waals surface area contributed by atoms with Crippen LogP contribution in [0.15, 0.2) is 91.0 Å². The Balaban J connectivity index is 1.52. The van der Waals surface area contributed by atoms with E-state index in [1.807, 2.05) is 72.8 Å². The average molecular weight is 344 g/mol. The maximum Gasteiger partial charge on any atom is 0.129 e. The first-order chi connectivity index (χ1) is 12.7. The molecular weight excluding hydrogens is 326 g/mol. The van der Waals surface area contributed by atoms with Crippen LogP contribution < -0.4 is 0 Å². The summed E-state index contributed by atoms with van der Waals surface area (Å²) in [7, 11) is 0. The number of benzene rings is 4. The van der Waals surface area contributed by atoms with E-state index in [0.717, 1.165) is 27.5 Å². The van der Waals surface area contributed by atoms with Crippen molar-refractivity contribution in [1.82, 2.24) is 0 Å². The summed E-state index contributed by atoms with van der Waals surface area (Å²) in [6.07, 6.45) is -0.735. The van der Waals surface area contributed by atoms with Crippen LogP contribution in [0.25, 0.3) is 21.9 Å². The van der Waals surface area contributed by atoms with Crippen molar-refractivity contribution >= 4 is 10.8 Å². The Labute approximate surface area is 151 Å². The third-order valence-corrected chi connectivity index (χ3v) is 4.66. The summed E-state index contributed by atoms with van der Waals surface area (Å²) in [4.78, 5) is 0. The quantitative estimate of drug-likeness (QED) is 0.378. The highest BCUT2D eigenvalue weighted by atomic mass is 19.1. The maximum atomic E-state index is 14.8. The molecule has 0 spiro atoms. The first kappa shape index (κ1) is 16.5. The maximum absolute atomic E-state index is 14.8. The molecule has 0 bridgehead atoms. The lowest BCUT2D eigenvalue weighted by molar-refractivity contribution is 0.342. The first-order valence-corrected chi connectivity index (χ1v) is 8.67. The fraction of sp³-hybridized carbons (Fsp3) is 0.0833. The van der Waals surface area contributed by atoms with Gasteiger partial charge in [-0.2, -0.15) is 0 Å². The van der Waals surface area contributed by atoms with Gasteiger partial charge in [-0.05, 0) is 51.2 Å². The highest BCUT2D eigenvalue weighted by molar-refractivity contribution is 5.83. The molecule has 4 aromatic carbocycles. The van der Waals surface area contributed by atoms with Gasteiger partial charge in [-0.3, -0.25) is 0 Å². The van der Waals surface area contributed by atoms with Crippen LogP contribution in [-0.4, -0.2) is 0 Å². The van der Waals surface area contributed by atoms with Crippen molar-refractivity contribution in [2.75, 3.05) is 0 Å². The largest absolute Gasteiger partial charge is 0.242 e. The molecule has 0 saturated carbocycles. The molecule has 4 rings (SSSR count). The van der Waals surface area contributed by atoms with Crippen molar-refractivity contribution in [3.63, 3.8) is 0 Å². The summed E-state index contributed by atoms with van der Waals surface area (Å²) >= 11 is 0. The average Bonchev–Trinajstić information content (AvgIpc) is 2.68. The molecule has 0 aliphatic carbocycles. The zero-order chi connectivity index (χ0) is 17.9. The van der Waals surface area contributed by atoms with E-state index in [4.69, 9.17) is 0 Å². The van der Waals surface area contributed by atoms with Gasteiger partial charge in [0.25, 0.3) is 0 Å². The lowest BCUT2D eigenvalue weighted by Gasteiger charge is -2.11. The van der Waals surface area contributed by atoms with Crippen molar-refractivity contribution < 1.29 is 8.78 Å². The second kappa shape index (κ2) is 7.09. The Bertz CT molecular complexity index is 1040. The van der Waals surface area contributed by atoms with Gasteiger partial charge in [0.15, 0.2) is 0 Å². The SMILES string of the molecule is Fc1cccc(-c2ccc(CC(F)c3ccc4ccccc4c3)cc2)c1. The molecule has 128 valence electrons. The Morgan fingerprint density at radius 1 is 0.654 bits per heavy atom. The van der Waals surface area contributed by atoms with Crippen LogP contribution >= 0.6 is 0 Å². The number of hydrogen-bond acceptors (Lipinski definition) is 0. The Hall–Kier alpha value is -3.00. The van der Waals surface area contributed by atoms with Gasteiger partial charge in [-0.1, -0.05) is 72.8 Å².